The van der Waals surface area contributed by atoms with Crippen LogP contribution in [0.2, 0.25) is 5.02 Å². The van der Waals surface area contributed by atoms with Crippen molar-refractivity contribution in [3.8, 4) is 0 Å². The quantitative estimate of drug-likeness (QED) is 0.315. The number of hydrogen-bond acceptors (Lipinski definition) is 4. The molecule has 0 aliphatic carbocycles. The van der Waals surface area contributed by atoms with Gasteiger partial charge < -0.3 is 5.32 Å². The van der Waals surface area contributed by atoms with Crippen LogP contribution >= 0.6 is 23.4 Å². The van der Waals surface area contributed by atoms with E-state index in [-0.39, 0.29) is 23.5 Å². The van der Waals surface area contributed by atoms with E-state index < -0.39 is 0 Å². The lowest BCUT2D eigenvalue weighted by molar-refractivity contribution is -0.119. The summed E-state index contributed by atoms with van der Waals surface area (Å²) in [4.78, 5) is 17.1. The first kappa shape index (κ1) is 22.8. The number of thioether (sulfide) groups is 1. The van der Waals surface area contributed by atoms with Gasteiger partial charge in [-0.1, -0.05) is 84.0 Å². The Morgan fingerprint density at radius 3 is 2.42 bits per heavy atom. The number of hydrogen-bond donors (Lipinski definition) is 2. The Kier molecular flexibility index (Phi) is 7.55. The number of H-pyrrole nitrogens is 1. The summed E-state index contributed by atoms with van der Waals surface area (Å²) in [6.07, 6.45) is 3.55. The van der Waals surface area contributed by atoms with Gasteiger partial charge in [-0.2, -0.15) is 0 Å². The summed E-state index contributed by atoms with van der Waals surface area (Å²) in [5.41, 5.74) is 2.76. The molecule has 33 heavy (non-hydrogen) atoms. The Morgan fingerprint density at radius 2 is 1.70 bits per heavy atom. The molecular weight excluding hydrogens is 459 g/mol. The van der Waals surface area contributed by atoms with Gasteiger partial charge in [-0.3, -0.25) is 9.89 Å². The van der Waals surface area contributed by atoms with E-state index in [2.05, 4.69) is 20.5 Å². The van der Waals surface area contributed by atoms with Crippen LogP contribution in [0.3, 0.4) is 0 Å². The molecule has 5 nitrogen and oxygen atoms in total. The summed E-state index contributed by atoms with van der Waals surface area (Å²) in [5, 5.41) is 11.2. The maximum Gasteiger partial charge on any atom is 0.231 e. The van der Waals surface area contributed by atoms with E-state index in [0.29, 0.717) is 16.0 Å². The van der Waals surface area contributed by atoms with Crippen LogP contribution in [-0.2, 0) is 4.79 Å². The van der Waals surface area contributed by atoms with E-state index in [4.69, 9.17) is 11.6 Å². The molecule has 2 N–H and O–H groups in total. The molecule has 3 aromatic carbocycles. The van der Waals surface area contributed by atoms with E-state index in [1.54, 1.807) is 24.3 Å². The second kappa shape index (κ2) is 10.9. The van der Waals surface area contributed by atoms with Crippen LogP contribution in [0.5, 0.6) is 0 Å². The minimum atomic E-state index is -0.294. The van der Waals surface area contributed by atoms with Crippen LogP contribution in [-0.4, -0.2) is 26.8 Å². The van der Waals surface area contributed by atoms with Crippen LogP contribution in [0.15, 0.2) is 84.0 Å². The predicted octanol–water partition coefficient (Wildman–Crippen LogP) is 5.77. The average Bonchev–Trinajstić information content (AvgIpc) is 3.30. The van der Waals surface area contributed by atoms with E-state index in [1.807, 2.05) is 54.6 Å². The highest BCUT2D eigenvalue weighted by molar-refractivity contribution is 7.99. The van der Waals surface area contributed by atoms with E-state index in [0.717, 1.165) is 16.7 Å². The monoisotopic (exact) mass is 478 g/mol. The fraction of sp³-hybridized carbons (Fsp3) is 0.0800. The molecule has 0 radical (unpaired) electrons. The molecule has 0 spiro atoms. The summed E-state index contributed by atoms with van der Waals surface area (Å²) in [6.45, 7) is 0. The van der Waals surface area contributed by atoms with Crippen molar-refractivity contribution in [1.29, 1.82) is 0 Å². The number of carbonyl (C=O) groups excluding carboxylic acids is 1. The third kappa shape index (κ3) is 6.54. The summed E-state index contributed by atoms with van der Waals surface area (Å²) in [6, 6.07) is 23.0. The van der Waals surface area contributed by atoms with E-state index in [1.165, 1.54) is 23.9 Å². The van der Waals surface area contributed by atoms with Crippen molar-refractivity contribution in [3.63, 3.8) is 0 Å². The van der Waals surface area contributed by atoms with Gasteiger partial charge in [0, 0.05) is 5.02 Å². The van der Waals surface area contributed by atoms with Gasteiger partial charge in [0.2, 0.25) is 11.1 Å². The van der Waals surface area contributed by atoms with Crippen LogP contribution in [0.25, 0.3) is 12.2 Å². The molecule has 0 saturated carbocycles. The standard InChI is InChI=1S/C25H20ClFN4OS/c26-20-11-9-19(10-12-20)24(18-4-2-1-3-5-18)29-23(32)16-33-25-28-22(30-31-25)15-8-17-6-13-21(27)14-7-17/h1-15,24H,16H2,(H,29,32)(H,28,30,31)/b15-8+. The number of rotatable bonds is 8. The first-order valence-corrected chi connectivity index (χ1v) is 11.5. The maximum atomic E-state index is 13.0. The van der Waals surface area contributed by atoms with Gasteiger partial charge in [-0.05, 0) is 47.0 Å². The number of aromatic nitrogens is 3. The predicted molar refractivity (Wildman–Crippen MR) is 130 cm³/mol. The molecule has 1 amide bonds. The van der Waals surface area contributed by atoms with E-state index >= 15 is 0 Å². The fourth-order valence-corrected chi connectivity index (χ4v) is 3.88. The molecular formula is C25H20ClFN4OS. The highest BCUT2D eigenvalue weighted by atomic mass is 35.5. The van der Waals surface area contributed by atoms with Gasteiger partial charge >= 0.3 is 0 Å². The first-order chi connectivity index (χ1) is 16.1. The number of halogens is 2. The van der Waals surface area contributed by atoms with Crippen LogP contribution in [0, 0.1) is 5.82 Å². The molecule has 4 aromatic rings. The second-order valence-electron chi connectivity index (χ2n) is 7.14. The SMILES string of the molecule is O=C(CSc1n[nH]c(/C=C/c2ccc(F)cc2)n1)NC(c1ccccc1)c1ccc(Cl)cc1. The van der Waals surface area contributed by atoms with Crippen molar-refractivity contribution >= 4 is 41.4 Å². The molecule has 1 atom stereocenters. The highest BCUT2D eigenvalue weighted by Crippen LogP contribution is 2.24. The third-order valence-electron chi connectivity index (χ3n) is 4.76. The zero-order chi connectivity index (χ0) is 23.0. The minimum absolute atomic E-state index is 0.142. The zero-order valence-electron chi connectivity index (χ0n) is 17.4. The lowest BCUT2D eigenvalue weighted by Gasteiger charge is -2.20. The third-order valence-corrected chi connectivity index (χ3v) is 5.86. The van der Waals surface area contributed by atoms with Gasteiger partial charge in [0.25, 0.3) is 0 Å². The van der Waals surface area contributed by atoms with Gasteiger partial charge in [0.1, 0.15) is 11.6 Å². The van der Waals surface area contributed by atoms with Gasteiger partial charge in [0.15, 0.2) is 0 Å². The van der Waals surface area contributed by atoms with E-state index in [9.17, 15) is 9.18 Å². The van der Waals surface area contributed by atoms with Crippen LogP contribution in [0.1, 0.15) is 28.6 Å². The fourth-order valence-electron chi connectivity index (χ4n) is 3.14. The molecule has 1 heterocycles. The molecule has 0 fully saturated rings. The summed E-state index contributed by atoms with van der Waals surface area (Å²) < 4.78 is 13.0. The Labute approximate surface area is 200 Å². The normalized spacial score (nSPS) is 12.1. The average molecular weight is 479 g/mol. The van der Waals surface area contributed by atoms with Crippen molar-refractivity contribution in [2.45, 2.75) is 11.2 Å². The lowest BCUT2D eigenvalue weighted by Crippen LogP contribution is -2.30. The number of amides is 1. The molecule has 1 aromatic heterocycles. The van der Waals surface area contributed by atoms with Crippen molar-refractivity contribution < 1.29 is 9.18 Å². The molecule has 0 saturated heterocycles. The largest absolute Gasteiger partial charge is 0.344 e. The van der Waals surface area contributed by atoms with Crippen molar-refractivity contribution in [2.75, 3.05) is 5.75 Å². The number of nitrogens with zero attached hydrogens (tertiary/aromatic N) is 2. The van der Waals surface area contributed by atoms with Crippen LogP contribution in [0.4, 0.5) is 4.39 Å². The Hall–Kier alpha value is -3.42. The molecule has 0 aliphatic heterocycles. The molecule has 4 rings (SSSR count). The van der Waals surface area contributed by atoms with Gasteiger partial charge in [0.05, 0.1) is 11.8 Å². The first-order valence-electron chi connectivity index (χ1n) is 10.2. The van der Waals surface area contributed by atoms with Gasteiger partial charge in [-0.25, -0.2) is 9.37 Å². The maximum absolute atomic E-state index is 13.0. The van der Waals surface area contributed by atoms with Crippen molar-refractivity contribution in [3.05, 3.63) is 112 Å². The summed E-state index contributed by atoms with van der Waals surface area (Å²) in [5.74, 6) is 0.285. The number of aromatic amines is 1. The minimum Gasteiger partial charge on any atom is -0.344 e. The van der Waals surface area contributed by atoms with Crippen molar-refractivity contribution in [2.24, 2.45) is 0 Å². The van der Waals surface area contributed by atoms with Crippen LogP contribution < -0.4 is 5.32 Å². The highest BCUT2D eigenvalue weighted by Gasteiger charge is 2.17. The zero-order valence-corrected chi connectivity index (χ0v) is 19.0. The Bertz CT molecular complexity index is 1230. The Morgan fingerprint density at radius 1 is 1.00 bits per heavy atom. The second-order valence-corrected chi connectivity index (χ2v) is 8.52. The molecule has 8 heteroatoms. The number of nitrogens with one attached hydrogen (secondary N) is 2. The van der Waals surface area contributed by atoms with Gasteiger partial charge in [-0.15, -0.1) is 5.10 Å². The number of benzene rings is 3. The summed E-state index contributed by atoms with van der Waals surface area (Å²) in [7, 11) is 0. The molecule has 0 bridgehead atoms. The lowest BCUT2D eigenvalue weighted by atomic mass is 9.99. The molecule has 0 aliphatic rings. The smallest absolute Gasteiger partial charge is 0.231 e. The molecule has 166 valence electrons. The summed E-state index contributed by atoms with van der Waals surface area (Å²) >= 11 is 7.26. The van der Waals surface area contributed by atoms with Crippen molar-refractivity contribution in [1.82, 2.24) is 20.5 Å². The number of carbonyl (C=O) groups is 1. The topological polar surface area (TPSA) is 70.7 Å². The molecule has 1 unspecified atom stereocenters. The Balaban J connectivity index is 1.37.